The number of aliphatic hydroxyl groups is 1. The van der Waals surface area contributed by atoms with Gasteiger partial charge in [0.2, 0.25) is 5.95 Å². The molecule has 1 saturated heterocycles. The summed E-state index contributed by atoms with van der Waals surface area (Å²) in [5.74, 6) is 0.0703. The van der Waals surface area contributed by atoms with Gasteiger partial charge in [0.15, 0.2) is 5.65 Å². The van der Waals surface area contributed by atoms with Crippen molar-refractivity contribution in [3.63, 3.8) is 0 Å². The van der Waals surface area contributed by atoms with Crippen molar-refractivity contribution in [1.82, 2.24) is 14.5 Å². The highest BCUT2D eigenvalue weighted by atomic mass is 32.1. The van der Waals surface area contributed by atoms with E-state index in [1.54, 1.807) is 0 Å². The van der Waals surface area contributed by atoms with Crippen LogP contribution < -0.4 is 16.2 Å². The fourth-order valence-electron chi connectivity index (χ4n) is 3.15. The van der Waals surface area contributed by atoms with Crippen LogP contribution in [0, 0.1) is 11.8 Å². The summed E-state index contributed by atoms with van der Waals surface area (Å²) < 4.78 is 7.71. The average Bonchev–Trinajstić information content (AvgIpc) is 3.01. The van der Waals surface area contributed by atoms with Gasteiger partial charge in [-0.2, -0.15) is 4.98 Å². The van der Waals surface area contributed by atoms with E-state index >= 15 is 0 Å². The Balaban J connectivity index is 2.05. The Morgan fingerprint density at radius 1 is 1.57 bits per heavy atom. The number of ether oxygens (including phenoxy) is 1. The second-order valence-electron chi connectivity index (χ2n) is 5.97. The van der Waals surface area contributed by atoms with Crippen LogP contribution in [0.1, 0.15) is 32.9 Å². The first kappa shape index (κ1) is 16.2. The molecule has 8 nitrogen and oxygen atoms in total. The van der Waals surface area contributed by atoms with Crippen molar-refractivity contribution in [2.75, 3.05) is 12.3 Å². The van der Waals surface area contributed by atoms with E-state index < -0.39 is 11.8 Å². The molecule has 1 fully saturated rings. The Kier molecular flexibility index (Phi) is 4.26. The summed E-state index contributed by atoms with van der Waals surface area (Å²) in [6.45, 7) is 4.03. The predicted molar refractivity (Wildman–Crippen MR) is 87.5 cm³/mol. The molecular formula is C14H20N4O4S. The lowest BCUT2D eigenvalue weighted by molar-refractivity contribution is -0.0441. The maximum absolute atomic E-state index is 12.4. The van der Waals surface area contributed by atoms with Crippen LogP contribution in [0.3, 0.4) is 0 Å². The van der Waals surface area contributed by atoms with E-state index in [0.29, 0.717) is 0 Å². The van der Waals surface area contributed by atoms with Gasteiger partial charge in [0.05, 0.1) is 6.10 Å². The van der Waals surface area contributed by atoms with Crippen molar-refractivity contribution in [2.24, 2.45) is 11.8 Å². The van der Waals surface area contributed by atoms with Gasteiger partial charge in [0.1, 0.15) is 10.9 Å². The van der Waals surface area contributed by atoms with Gasteiger partial charge in [0.25, 0.3) is 5.56 Å². The van der Waals surface area contributed by atoms with Crippen molar-refractivity contribution in [3.8, 4) is 0 Å². The van der Waals surface area contributed by atoms with Gasteiger partial charge >= 0.3 is 4.87 Å². The highest BCUT2D eigenvalue weighted by Crippen LogP contribution is 2.38. The molecule has 126 valence electrons. The maximum Gasteiger partial charge on any atom is 0.311 e. The molecule has 0 radical (unpaired) electrons. The lowest BCUT2D eigenvalue weighted by Gasteiger charge is -2.21. The average molecular weight is 340 g/mol. The molecule has 9 heteroatoms. The third-order valence-corrected chi connectivity index (χ3v) is 5.38. The number of fused-ring (bicyclic) bond motifs is 1. The number of hydrogen-bond acceptors (Lipinski definition) is 7. The second-order valence-corrected chi connectivity index (χ2v) is 6.93. The minimum absolute atomic E-state index is 0.0296. The highest BCUT2D eigenvalue weighted by Gasteiger charge is 2.38. The number of aromatic amines is 1. The molecule has 2 aromatic heterocycles. The van der Waals surface area contributed by atoms with E-state index in [4.69, 9.17) is 10.5 Å². The predicted octanol–water partition coefficient (Wildman–Crippen LogP) is 0.671. The van der Waals surface area contributed by atoms with Crippen LogP contribution in [0.4, 0.5) is 5.95 Å². The monoisotopic (exact) mass is 340 g/mol. The molecule has 2 aromatic rings. The molecule has 4 N–H and O–H groups in total. The number of rotatable bonds is 4. The summed E-state index contributed by atoms with van der Waals surface area (Å²) in [5.41, 5.74) is 5.44. The standard InChI is InChI=1S/C14H20N4O4S/c1-3-7(5-19)8-4-6(2)12(22-8)18-10-9(23-14(18)21)11(20)17-13(15)16-10/h6-8,12,19H,3-5H2,1-2H3,(H3,15,16,17,20). The van der Waals surface area contributed by atoms with Crippen LogP contribution in [0.15, 0.2) is 9.59 Å². The molecule has 0 saturated carbocycles. The van der Waals surface area contributed by atoms with E-state index in [0.717, 1.165) is 24.2 Å². The van der Waals surface area contributed by atoms with Gasteiger partial charge in [-0.05, 0) is 12.8 Å². The Bertz CT molecular complexity index is 822. The van der Waals surface area contributed by atoms with Crippen LogP contribution in [-0.4, -0.2) is 32.4 Å². The molecule has 3 heterocycles. The van der Waals surface area contributed by atoms with Gasteiger partial charge in [-0.15, -0.1) is 0 Å². The fraction of sp³-hybridized carbons (Fsp3) is 0.643. The number of nitrogens with two attached hydrogens (primary N) is 1. The molecule has 0 aromatic carbocycles. The molecule has 0 bridgehead atoms. The number of H-pyrrole nitrogens is 1. The number of anilines is 1. The zero-order valence-corrected chi connectivity index (χ0v) is 13.8. The lowest BCUT2D eigenvalue weighted by atomic mass is 9.94. The van der Waals surface area contributed by atoms with Gasteiger partial charge < -0.3 is 15.6 Å². The second kappa shape index (κ2) is 6.06. The largest absolute Gasteiger partial charge is 0.396 e. The Labute approximate surface area is 135 Å². The highest BCUT2D eigenvalue weighted by molar-refractivity contribution is 7.16. The summed E-state index contributed by atoms with van der Waals surface area (Å²) >= 11 is 0.840. The van der Waals surface area contributed by atoms with E-state index in [1.165, 1.54) is 4.57 Å². The summed E-state index contributed by atoms with van der Waals surface area (Å²) in [4.78, 5) is 30.5. The fourth-order valence-corrected chi connectivity index (χ4v) is 3.99. The zero-order valence-electron chi connectivity index (χ0n) is 13.0. The minimum atomic E-state index is -0.504. The topological polar surface area (TPSA) is 123 Å². The molecular weight excluding hydrogens is 320 g/mol. The van der Waals surface area contributed by atoms with Gasteiger partial charge in [0, 0.05) is 18.4 Å². The Morgan fingerprint density at radius 2 is 2.30 bits per heavy atom. The molecule has 0 amide bonds. The van der Waals surface area contributed by atoms with Crippen molar-refractivity contribution in [3.05, 3.63) is 20.0 Å². The molecule has 4 atom stereocenters. The van der Waals surface area contributed by atoms with Gasteiger partial charge in [-0.1, -0.05) is 25.2 Å². The lowest BCUT2D eigenvalue weighted by Crippen LogP contribution is -2.26. The van der Waals surface area contributed by atoms with Crippen LogP contribution in [0.25, 0.3) is 10.3 Å². The minimum Gasteiger partial charge on any atom is -0.396 e. The third-order valence-electron chi connectivity index (χ3n) is 4.44. The van der Waals surface area contributed by atoms with E-state index in [1.807, 2.05) is 13.8 Å². The quantitative estimate of drug-likeness (QED) is 0.752. The maximum atomic E-state index is 12.4. The first-order valence-electron chi connectivity index (χ1n) is 7.63. The zero-order chi connectivity index (χ0) is 16.7. The van der Waals surface area contributed by atoms with Crippen LogP contribution in [0.2, 0.25) is 0 Å². The molecule has 1 aliphatic rings. The number of thiazole rings is 1. The molecule has 0 spiro atoms. The van der Waals surface area contributed by atoms with Crippen molar-refractivity contribution >= 4 is 27.6 Å². The van der Waals surface area contributed by atoms with E-state index in [9.17, 15) is 14.7 Å². The summed E-state index contributed by atoms with van der Waals surface area (Å²) in [7, 11) is 0. The number of nitrogens with one attached hydrogen (secondary N) is 1. The number of aromatic nitrogens is 3. The molecule has 0 aliphatic carbocycles. The summed E-state index contributed by atoms with van der Waals surface area (Å²) in [6, 6.07) is 0. The van der Waals surface area contributed by atoms with Crippen molar-refractivity contribution in [1.29, 1.82) is 0 Å². The summed E-state index contributed by atoms with van der Waals surface area (Å²) in [5, 5.41) is 9.47. The van der Waals surface area contributed by atoms with Gasteiger partial charge in [-0.25, -0.2) is 0 Å². The molecule has 3 rings (SSSR count). The number of nitrogens with zero attached hydrogens (tertiary/aromatic N) is 2. The smallest absolute Gasteiger partial charge is 0.311 e. The number of hydrogen-bond donors (Lipinski definition) is 3. The first-order valence-corrected chi connectivity index (χ1v) is 8.45. The van der Waals surface area contributed by atoms with Crippen molar-refractivity contribution < 1.29 is 9.84 Å². The normalized spacial score (nSPS) is 26.0. The molecule has 1 aliphatic heterocycles. The molecule has 4 unspecified atom stereocenters. The van der Waals surface area contributed by atoms with Crippen LogP contribution in [0.5, 0.6) is 0 Å². The Morgan fingerprint density at radius 3 is 2.96 bits per heavy atom. The van der Waals surface area contributed by atoms with E-state index in [-0.39, 0.29) is 45.7 Å². The molecule has 23 heavy (non-hydrogen) atoms. The van der Waals surface area contributed by atoms with Crippen molar-refractivity contribution in [2.45, 2.75) is 39.0 Å². The van der Waals surface area contributed by atoms with Gasteiger partial charge in [-0.3, -0.25) is 19.1 Å². The number of aliphatic hydroxyl groups excluding tert-OH is 1. The first-order chi connectivity index (χ1) is 11.0. The SMILES string of the molecule is CCC(CO)C1CC(C)C(n2c(=O)sc3c(=O)[nH]c(N)nc32)O1. The van der Waals surface area contributed by atoms with Crippen LogP contribution >= 0.6 is 11.3 Å². The Hall–Kier alpha value is -1.71. The summed E-state index contributed by atoms with van der Waals surface area (Å²) in [6.07, 6.45) is 0.915. The third kappa shape index (κ3) is 2.68. The number of nitrogen functional groups attached to an aromatic ring is 1. The van der Waals surface area contributed by atoms with Crippen LogP contribution in [-0.2, 0) is 4.74 Å². The van der Waals surface area contributed by atoms with E-state index in [2.05, 4.69) is 9.97 Å².